The highest BCUT2D eigenvalue weighted by atomic mass is 16.5. The van der Waals surface area contributed by atoms with Gasteiger partial charge in [-0.15, -0.1) is 0 Å². The van der Waals surface area contributed by atoms with Gasteiger partial charge >= 0.3 is 0 Å². The van der Waals surface area contributed by atoms with Crippen LogP contribution >= 0.6 is 0 Å². The molecule has 1 saturated heterocycles. The molecule has 0 aromatic carbocycles. The third-order valence-electron chi connectivity index (χ3n) is 4.15. The summed E-state index contributed by atoms with van der Waals surface area (Å²) in [6.07, 6.45) is 4.05. The molecule has 1 rings (SSSR count). The molecule has 0 saturated carbocycles. The van der Waals surface area contributed by atoms with E-state index >= 15 is 0 Å². The van der Waals surface area contributed by atoms with E-state index in [2.05, 4.69) is 24.1 Å². The van der Waals surface area contributed by atoms with Crippen molar-refractivity contribution in [1.82, 2.24) is 10.2 Å². The van der Waals surface area contributed by atoms with Gasteiger partial charge in [-0.25, -0.2) is 0 Å². The van der Waals surface area contributed by atoms with Crippen molar-refractivity contribution < 1.29 is 4.74 Å². The maximum atomic E-state index is 5.29. The van der Waals surface area contributed by atoms with Gasteiger partial charge in [-0.1, -0.05) is 20.3 Å². The Bertz CT molecular complexity index is 189. The monoisotopic (exact) mass is 242 g/mol. The summed E-state index contributed by atoms with van der Waals surface area (Å²) in [4.78, 5) is 2.59. The topological polar surface area (TPSA) is 24.5 Å². The molecule has 1 aliphatic heterocycles. The minimum Gasteiger partial charge on any atom is -0.380 e. The third-order valence-corrected chi connectivity index (χ3v) is 4.15. The molecule has 0 radical (unpaired) electrons. The third kappa shape index (κ3) is 5.84. The summed E-state index contributed by atoms with van der Waals surface area (Å²) >= 11 is 0. The van der Waals surface area contributed by atoms with Crippen molar-refractivity contribution in [1.29, 1.82) is 0 Å². The molecular weight excluding hydrogens is 212 g/mol. The molecule has 0 amide bonds. The first-order chi connectivity index (χ1) is 8.20. The summed E-state index contributed by atoms with van der Waals surface area (Å²) in [5.74, 6) is 0. The van der Waals surface area contributed by atoms with Crippen molar-refractivity contribution in [3.8, 4) is 0 Å². The summed E-state index contributed by atoms with van der Waals surface area (Å²) in [6.45, 7) is 14.3. The van der Waals surface area contributed by atoms with Crippen LogP contribution in [0.5, 0.6) is 0 Å². The molecule has 0 spiro atoms. The van der Waals surface area contributed by atoms with E-state index in [0.717, 1.165) is 26.3 Å². The van der Waals surface area contributed by atoms with Crippen molar-refractivity contribution in [3.05, 3.63) is 0 Å². The summed E-state index contributed by atoms with van der Waals surface area (Å²) < 4.78 is 5.29. The molecule has 3 nitrogen and oxygen atoms in total. The maximum Gasteiger partial charge on any atom is 0.0590 e. The summed E-state index contributed by atoms with van der Waals surface area (Å²) in [5, 5.41) is 3.44. The molecule has 0 aliphatic carbocycles. The zero-order chi connectivity index (χ0) is 12.6. The van der Waals surface area contributed by atoms with E-state index in [9.17, 15) is 0 Å². The quantitative estimate of drug-likeness (QED) is 0.660. The first-order valence-corrected chi connectivity index (χ1v) is 7.21. The van der Waals surface area contributed by atoms with Crippen molar-refractivity contribution in [2.45, 2.75) is 40.0 Å². The van der Waals surface area contributed by atoms with Gasteiger partial charge in [0, 0.05) is 26.2 Å². The van der Waals surface area contributed by atoms with Crippen molar-refractivity contribution in [3.63, 3.8) is 0 Å². The fourth-order valence-corrected chi connectivity index (χ4v) is 2.32. The Labute approximate surface area is 107 Å². The lowest BCUT2D eigenvalue weighted by molar-refractivity contribution is 0.113. The Morgan fingerprint density at radius 3 is 2.47 bits per heavy atom. The molecule has 1 aliphatic rings. The maximum absolute atomic E-state index is 5.29. The number of likely N-dealkylation sites (tertiary alicyclic amines) is 1. The van der Waals surface area contributed by atoms with Gasteiger partial charge in [-0.05, 0) is 38.3 Å². The second-order valence-corrected chi connectivity index (χ2v) is 5.45. The fourth-order valence-electron chi connectivity index (χ4n) is 2.32. The second-order valence-electron chi connectivity index (χ2n) is 5.45. The number of nitrogens with zero attached hydrogens (tertiary/aromatic N) is 1. The first-order valence-electron chi connectivity index (χ1n) is 7.21. The minimum atomic E-state index is 0.610. The van der Waals surface area contributed by atoms with E-state index in [-0.39, 0.29) is 0 Å². The predicted octanol–water partition coefficient (Wildman–Crippen LogP) is 2.12. The highest BCUT2D eigenvalue weighted by Crippen LogP contribution is 2.33. The zero-order valence-corrected chi connectivity index (χ0v) is 11.9. The van der Waals surface area contributed by atoms with Crippen LogP contribution in [0.15, 0.2) is 0 Å². The minimum absolute atomic E-state index is 0.610. The second kappa shape index (κ2) is 8.06. The van der Waals surface area contributed by atoms with Crippen LogP contribution in [0, 0.1) is 5.41 Å². The molecule has 0 unspecified atom stereocenters. The van der Waals surface area contributed by atoms with E-state index in [1.54, 1.807) is 0 Å². The van der Waals surface area contributed by atoms with Gasteiger partial charge in [0.05, 0.1) is 6.61 Å². The number of hydrogen-bond donors (Lipinski definition) is 1. The van der Waals surface area contributed by atoms with Gasteiger partial charge in [-0.2, -0.15) is 0 Å². The Balaban J connectivity index is 1.99. The molecule has 0 aromatic rings. The SMILES string of the molecule is CCOCCNCCN1CCC(C)(CC)CC1. The molecule has 3 heteroatoms. The van der Waals surface area contributed by atoms with Crippen LogP contribution in [-0.4, -0.2) is 50.8 Å². The van der Waals surface area contributed by atoms with E-state index in [1.165, 1.54) is 38.9 Å². The van der Waals surface area contributed by atoms with Gasteiger partial charge in [0.1, 0.15) is 0 Å². The number of piperidine rings is 1. The highest BCUT2D eigenvalue weighted by Gasteiger charge is 2.27. The standard InChI is InChI=1S/C14H30N2O/c1-4-14(3)6-10-16(11-7-14)12-8-15-9-13-17-5-2/h15H,4-13H2,1-3H3. The Morgan fingerprint density at radius 2 is 1.88 bits per heavy atom. The van der Waals surface area contributed by atoms with Gasteiger partial charge in [0.25, 0.3) is 0 Å². The average Bonchev–Trinajstić information content (AvgIpc) is 2.36. The number of rotatable bonds is 8. The van der Waals surface area contributed by atoms with E-state index in [1.807, 2.05) is 6.92 Å². The van der Waals surface area contributed by atoms with Gasteiger partial charge < -0.3 is 15.0 Å². The van der Waals surface area contributed by atoms with E-state index < -0.39 is 0 Å². The largest absolute Gasteiger partial charge is 0.380 e. The van der Waals surface area contributed by atoms with Crippen molar-refractivity contribution >= 4 is 0 Å². The van der Waals surface area contributed by atoms with Crippen LogP contribution in [0.4, 0.5) is 0 Å². The fraction of sp³-hybridized carbons (Fsp3) is 1.00. The van der Waals surface area contributed by atoms with E-state index in [4.69, 9.17) is 4.74 Å². The summed E-state index contributed by atoms with van der Waals surface area (Å²) in [6, 6.07) is 0. The Kier molecular flexibility index (Phi) is 7.09. The molecule has 1 fully saturated rings. The lowest BCUT2D eigenvalue weighted by Gasteiger charge is -2.38. The Hall–Kier alpha value is -0.120. The van der Waals surface area contributed by atoms with Gasteiger partial charge in [0.15, 0.2) is 0 Å². The van der Waals surface area contributed by atoms with Crippen LogP contribution in [0.2, 0.25) is 0 Å². The molecule has 0 atom stereocenters. The molecular formula is C14H30N2O. The van der Waals surface area contributed by atoms with Crippen molar-refractivity contribution in [2.24, 2.45) is 5.41 Å². The summed E-state index contributed by atoms with van der Waals surface area (Å²) in [7, 11) is 0. The molecule has 17 heavy (non-hydrogen) atoms. The van der Waals surface area contributed by atoms with Crippen LogP contribution in [0.25, 0.3) is 0 Å². The van der Waals surface area contributed by atoms with Crippen LogP contribution < -0.4 is 5.32 Å². The van der Waals surface area contributed by atoms with Gasteiger partial charge in [-0.3, -0.25) is 0 Å². The van der Waals surface area contributed by atoms with Crippen LogP contribution in [-0.2, 0) is 4.74 Å². The summed E-state index contributed by atoms with van der Waals surface area (Å²) in [5.41, 5.74) is 0.610. The van der Waals surface area contributed by atoms with Crippen LogP contribution in [0.3, 0.4) is 0 Å². The molecule has 0 aromatic heterocycles. The molecule has 102 valence electrons. The number of nitrogens with one attached hydrogen (secondary N) is 1. The average molecular weight is 242 g/mol. The lowest BCUT2D eigenvalue weighted by atomic mass is 9.78. The highest BCUT2D eigenvalue weighted by molar-refractivity contribution is 4.81. The molecule has 1 N–H and O–H groups in total. The molecule has 1 heterocycles. The number of hydrogen-bond acceptors (Lipinski definition) is 3. The van der Waals surface area contributed by atoms with Crippen LogP contribution in [0.1, 0.15) is 40.0 Å². The van der Waals surface area contributed by atoms with Gasteiger partial charge in [0.2, 0.25) is 0 Å². The Morgan fingerprint density at radius 1 is 1.18 bits per heavy atom. The zero-order valence-electron chi connectivity index (χ0n) is 11.9. The lowest BCUT2D eigenvalue weighted by Crippen LogP contribution is -2.41. The smallest absolute Gasteiger partial charge is 0.0590 e. The first kappa shape index (κ1) is 14.9. The predicted molar refractivity (Wildman–Crippen MR) is 73.4 cm³/mol. The van der Waals surface area contributed by atoms with E-state index in [0.29, 0.717) is 5.41 Å². The number of ether oxygens (including phenoxy) is 1. The van der Waals surface area contributed by atoms with Crippen molar-refractivity contribution in [2.75, 3.05) is 45.9 Å². The normalized spacial score (nSPS) is 20.6. The molecule has 0 bridgehead atoms.